The van der Waals surface area contributed by atoms with E-state index in [0.29, 0.717) is 5.76 Å². The van der Waals surface area contributed by atoms with Crippen LogP contribution in [0.5, 0.6) is 0 Å². The first-order valence-electron chi connectivity index (χ1n) is 10.00. The van der Waals surface area contributed by atoms with Crippen LogP contribution in [0.15, 0.2) is 9.52 Å². The molecule has 0 aromatic carbocycles. The lowest BCUT2D eigenvalue weighted by molar-refractivity contribution is 0.0625. The van der Waals surface area contributed by atoms with Gasteiger partial charge in [-0.1, -0.05) is 0 Å². The number of hydrazone groups is 1. The van der Waals surface area contributed by atoms with Crippen LogP contribution in [0.4, 0.5) is 4.79 Å². The first kappa shape index (κ1) is 20.4. The van der Waals surface area contributed by atoms with E-state index in [0.717, 1.165) is 67.8 Å². The van der Waals surface area contributed by atoms with E-state index in [2.05, 4.69) is 22.5 Å². The number of nitrogens with one attached hydrogen (secondary N) is 1. The maximum atomic E-state index is 13.1. The molecule has 2 heterocycles. The number of nitrogens with zero attached hydrogens (tertiary/aromatic N) is 3. The van der Waals surface area contributed by atoms with E-state index in [1.165, 1.54) is 0 Å². The Morgan fingerprint density at radius 1 is 1.32 bits per heavy atom. The Bertz CT molecular complexity index is 763. The molecule has 0 atom stereocenters. The van der Waals surface area contributed by atoms with Crippen LogP contribution in [0.3, 0.4) is 0 Å². The second kappa shape index (κ2) is 8.77. The molecule has 1 aromatic rings. The number of likely N-dealkylation sites (tertiary alicyclic amines) is 1. The van der Waals surface area contributed by atoms with Crippen molar-refractivity contribution < 1.29 is 18.7 Å². The van der Waals surface area contributed by atoms with Crippen molar-refractivity contribution in [2.75, 3.05) is 33.8 Å². The maximum Gasteiger partial charge on any atom is 0.427 e. The molecule has 1 N–H and O–H groups in total. The van der Waals surface area contributed by atoms with Crippen LogP contribution in [-0.2, 0) is 11.2 Å². The minimum Gasteiger partial charge on any atom is -0.455 e. The number of piperidine rings is 1. The van der Waals surface area contributed by atoms with Gasteiger partial charge in [-0.25, -0.2) is 10.2 Å². The fourth-order valence-corrected chi connectivity index (χ4v) is 3.97. The van der Waals surface area contributed by atoms with Crippen LogP contribution in [0.2, 0.25) is 0 Å². The largest absolute Gasteiger partial charge is 0.455 e. The lowest BCUT2D eigenvalue weighted by Gasteiger charge is -2.34. The molecule has 2 aliphatic rings. The fourth-order valence-electron chi connectivity index (χ4n) is 3.97. The zero-order valence-corrected chi connectivity index (χ0v) is 17.2. The summed E-state index contributed by atoms with van der Waals surface area (Å²) >= 11 is 0. The number of fused-ring (bicyclic) bond motifs is 1. The molecule has 1 aliphatic heterocycles. The molecule has 0 saturated carbocycles. The molecule has 1 fully saturated rings. The summed E-state index contributed by atoms with van der Waals surface area (Å²) in [4.78, 5) is 28.8. The van der Waals surface area contributed by atoms with Gasteiger partial charge in [-0.05, 0) is 59.7 Å². The summed E-state index contributed by atoms with van der Waals surface area (Å²) in [7, 11) is 3.96. The SMILES string of the molecule is CCOC(=O)N/N=C1\CCCc2oc(C(=O)N(C)C3CCN(C)CC3)c(C)c21. The van der Waals surface area contributed by atoms with Crippen LogP contribution < -0.4 is 5.43 Å². The highest BCUT2D eigenvalue weighted by atomic mass is 16.5. The smallest absolute Gasteiger partial charge is 0.427 e. The van der Waals surface area contributed by atoms with E-state index in [1.54, 1.807) is 6.92 Å². The third kappa shape index (κ3) is 4.22. The first-order valence-corrected chi connectivity index (χ1v) is 10.00. The predicted molar refractivity (Wildman–Crippen MR) is 106 cm³/mol. The van der Waals surface area contributed by atoms with Crippen molar-refractivity contribution in [3.05, 3.63) is 22.6 Å². The van der Waals surface area contributed by atoms with E-state index >= 15 is 0 Å². The quantitative estimate of drug-likeness (QED) is 0.799. The molecular weight excluding hydrogens is 360 g/mol. The zero-order valence-electron chi connectivity index (χ0n) is 17.2. The molecule has 1 aliphatic carbocycles. The van der Waals surface area contributed by atoms with Crippen molar-refractivity contribution in [2.24, 2.45) is 5.10 Å². The van der Waals surface area contributed by atoms with E-state index in [-0.39, 0.29) is 18.6 Å². The standard InChI is InChI=1S/C20H30N4O4/c1-5-27-20(26)22-21-15-7-6-8-16-17(15)13(2)18(28-16)19(25)24(4)14-9-11-23(3)12-10-14/h14H,5-12H2,1-4H3,(H,22,26)/b21-15+. The molecule has 8 heteroatoms. The molecule has 0 bridgehead atoms. The second-order valence-corrected chi connectivity index (χ2v) is 7.55. The van der Waals surface area contributed by atoms with Crippen molar-refractivity contribution in [3.63, 3.8) is 0 Å². The van der Waals surface area contributed by atoms with Gasteiger partial charge >= 0.3 is 6.09 Å². The number of aryl methyl sites for hydroxylation is 1. The first-order chi connectivity index (χ1) is 13.4. The predicted octanol–water partition coefficient (Wildman–Crippen LogP) is 2.54. The molecule has 0 spiro atoms. The highest BCUT2D eigenvalue weighted by Crippen LogP contribution is 2.31. The summed E-state index contributed by atoms with van der Waals surface area (Å²) in [6.45, 7) is 5.90. The summed E-state index contributed by atoms with van der Waals surface area (Å²) in [6, 6.07) is 0.226. The molecular formula is C20H30N4O4. The number of hydrogen-bond donors (Lipinski definition) is 1. The Morgan fingerprint density at radius 2 is 2.04 bits per heavy atom. The number of amides is 2. The Morgan fingerprint density at radius 3 is 2.71 bits per heavy atom. The Labute approximate surface area is 165 Å². The third-order valence-corrected chi connectivity index (χ3v) is 5.63. The number of carbonyl (C=O) groups excluding carboxylic acids is 2. The van der Waals surface area contributed by atoms with Crippen LogP contribution in [-0.4, -0.2) is 67.3 Å². The number of furan rings is 1. The Balaban J connectivity index is 1.80. The zero-order chi connectivity index (χ0) is 20.3. The average molecular weight is 390 g/mol. The van der Waals surface area contributed by atoms with Crippen molar-refractivity contribution in [1.82, 2.24) is 15.2 Å². The maximum absolute atomic E-state index is 13.1. The van der Waals surface area contributed by atoms with Crippen LogP contribution in [0.25, 0.3) is 0 Å². The number of ether oxygens (including phenoxy) is 1. The topological polar surface area (TPSA) is 87.4 Å². The average Bonchev–Trinajstić information content (AvgIpc) is 3.03. The highest BCUT2D eigenvalue weighted by Gasteiger charge is 2.32. The van der Waals surface area contributed by atoms with E-state index in [1.807, 2.05) is 18.9 Å². The van der Waals surface area contributed by atoms with Crippen molar-refractivity contribution in [3.8, 4) is 0 Å². The summed E-state index contributed by atoms with van der Waals surface area (Å²) in [5, 5.41) is 4.22. The summed E-state index contributed by atoms with van der Waals surface area (Å²) in [5.41, 5.74) is 4.80. The van der Waals surface area contributed by atoms with Crippen LogP contribution in [0, 0.1) is 6.92 Å². The van der Waals surface area contributed by atoms with Gasteiger partial charge in [-0.3, -0.25) is 4.79 Å². The van der Waals surface area contributed by atoms with Crippen molar-refractivity contribution in [2.45, 2.75) is 52.0 Å². The molecule has 154 valence electrons. The number of rotatable bonds is 4. The van der Waals surface area contributed by atoms with E-state index < -0.39 is 6.09 Å². The lowest BCUT2D eigenvalue weighted by Crippen LogP contribution is -2.44. The molecule has 0 unspecified atom stereocenters. The van der Waals surface area contributed by atoms with Gasteiger partial charge in [0, 0.05) is 30.6 Å². The molecule has 1 saturated heterocycles. The van der Waals surface area contributed by atoms with Crippen LogP contribution in [0.1, 0.15) is 60.0 Å². The van der Waals surface area contributed by atoms with Crippen molar-refractivity contribution in [1.29, 1.82) is 0 Å². The molecule has 8 nitrogen and oxygen atoms in total. The Hall–Kier alpha value is -2.35. The Kier molecular flexibility index (Phi) is 6.39. The summed E-state index contributed by atoms with van der Waals surface area (Å²) in [6.07, 6.45) is 3.70. The summed E-state index contributed by atoms with van der Waals surface area (Å²) < 4.78 is 10.8. The highest BCUT2D eigenvalue weighted by molar-refractivity contribution is 6.06. The number of hydrogen-bond acceptors (Lipinski definition) is 6. The molecule has 3 rings (SSSR count). The van der Waals surface area contributed by atoms with Gasteiger partial charge in [0.15, 0.2) is 5.76 Å². The van der Waals surface area contributed by atoms with Gasteiger partial charge in [0.25, 0.3) is 5.91 Å². The molecule has 2 amide bonds. The van der Waals surface area contributed by atoms with Gasteiger partial charge < -0.3 is 19.0 Å². The van der Waals surface area contributed by atoms with Crippen molar-refractivity contribution >= 4 is 17.7 Å². The monoisotopic (exact) mass is 390 g/mol. The molecule has 1 aromatic heterocycles. The lowest BCUT2D eigenvalue weighted by atomic mass is 9.93. The minimum absolute atomic E-state index is 0.0841. The number of carbonyl (C=O) groups is 2. The van der Waals surface area contributed by atoms with Gasteiger partial charge in [-0.15, -0.1) is 0 Å². The van der Waals surface area contributed by atoms with E-state index in [9.17, 15) is 9.59 Å². The van der Waals surface area contributed by atoms with Gasteiger partial charge in [0.2, 0.25) is 0 Å². The van der Waals surface area contributed by atoms with Crippen LogP contribution >= 0.6 is 0 Å². The minimum atomic E-state index is -0.582. The van der Waals surface area contributed by atoms with Gasteiger partial charge in [0.1, 0.15) is 5.76 Å². The normalized spacial score (nSPS) is 19.4. The fraction of sp³-hybridized carbons (Fsp3) is 0.650. The molecule has 28 heavy (non-hydrogen) atoms. The molecule has 0 radical (unpaired) electrons. The van der Waals surface area contributed by atoms with Gasteiger partial charge in [0.05, 0.1) is 12.3 Å². The summed E-state index contributed by atoms with van der Waals surface area (Å²) in [5.74, 6) is 1.07. The third-order valence-electron chi connectivity index (χ3n) is 5.63. The van der Waals surface area contributed by atoms with Gasteiger partial charge in [-0.2, -0.15) is 5.10 Å². The second-order valence-electron chi connectivity index (χ2n) is 7.55. The van der Waals surface area contributed by atoms with E-state index in [4.69, 9.17) is 9.15 Å².